The van der Waals surface area contributed by atoms with Crippen LogP contribution in [0.5, 0.6) is 0 Å². The van der Waals surface area contributed by atoms with Crippen LogP contribution in [0.1, 0.15) is 373 Å². The van der Waals surface area contributed by atoms with Gasteiger partial charge in [0.25, 0.3) is 0 Å². The molecule has 93 heavy (non-hydrogen) atoms. The maximum atomic E-state index is 12.8. The van der Waals surface area contributed by atoms with Crippen LogP contribution in [0.4, 0.5) is 0 Å². The fraction of sp³-hybridized carbons (Fsp3) is 0.759. The van der Waals surface area contributed by atoms with E-state index in [0.717, 1.165) is 96.3 Å². The zero-order valence-electron chi connectivity index (χ0n) is 60.7. The van der Waals surface area contributed by atoms with Crippen LogP contribution < -0.4 is 5.73 Å². The average molecular weight is 1320 g/mol. The molecule has 0 amide bonds. The van der Waals surface area contributed by atoms with Crippen LogP contribution in [0, 0.1) is 0 Å². The second kappa shape index (κ2) is 77.7. The predicted octanol–water partition coefficient (Wildman–Crippen LogP) is 26.4. The lowest BCUT2D eigenvalue weighted by Crippen LogP contribution is -2.29. The van der Waals surface area contributed by atoms with Crippen molar-refractivity contribution < 1.29 is 37.6 Å². The molecule has 0 saturated carbocycles. The number of nitrogens with two attached hydrogens (primary N) is 1. The van der Waals surface area contributed by atoms with Gasteiger partial charge in [0.05, 0.1) is 13.2 Å². The molecule has 9 nitrogen and oxygen atoms in total. The van der Waals surface area contributed by atoms with Crippen molar-refractivity contribution in [1.29, 1.82) is 0 Å². The molecule has 0 heterocycles. The summed E-state index contributed by atoms with van der Waals surface area (Å²) in [7, 11) is -4.40. The number of rotatable bonds is 74. The van der Waals surface area contributed by atoms with Crippen molar-refractivity contribution in [3.05, 3.63) is 109 Å². The number of hydrogen-bond donors (Lipinski definition) is 2. The normalized spacial score (nSPS) is 13.5. The van der Waals surface area contributed by atoms with E-state index in [1.54, 1.807) is 0 Å². The topological polar surface area (TPSA) is 134 Å². The molecule has 0 aromatic carbocycles. The van der Waals surface area contributed by atoms with Crippen LogP contribution in [-0.4, -0.2) is 49.3 Å². The van der Waals surface area contributed by atoms with E-state index in [2.05, 4.69) is 123 Å². The van der Waals surface area contributed by atoms with E-state index in [1.807, 2.05) is 0 Å². The van der Waals surface area contributed by atoms with Crippen molar-refractivity contribution >= 4 is 19.8 Å². The maximum absolute atomic E-state index is 12.8. The van der Waals surface area contributed by atoms with Crippen molar-refractivity contribution in [2.45, 2.75) is 380 Å². The third kappa shape index (κ3) is 77.6. The van der Waals surface area contributed by atoms with Gasteiger partial charge in [-0.15, -0.1) is 0 Å². The highest BCUT2D eigenvalue weighted by Crippen LogP contribution is 2.43. The van der Waals surface area contributed by atoms with Gasteiger partial charge in [-0.1, -0.05) is 367 Å². The van der Waals surface area contributed by atoms with Crippen LogP contribution >= 0.6 is 7.82 Å². The number of unbranched alkanes of at least 4 members (excludes halogenated alkanes) is 43. The van der Waals surface area contributed by atoms with Crippen LogP contribution in [0.3, 0.4) is 0 Å². The highest BCUT2D eigenvalue weighted by molar-refractivity contribution is 7.47. The van der Waals surface area contributed by atoms with Gasteiger partial charge in [0.1, 0.15) is 6.61 Å². The molecule has 0 radical (unpaired) electrons. The summed E-state index contributed by atoms with van der Waals surface area (Å²) >= 11 is 0. The summed E-state index contributed by atoms with van der Waals surface area (Å²) in [6, 6.07) is 0. The summed E-state index contributed by atoms with van der Waals surface area (Å²) in [6.45, 7) is 3.65. The van der Waals surface area contributed by atoms with Gasteiger partial charge < -0.3 is 20.1 Å². The van der Waals surface area contributed by atoms with E-state index in [-0.39, 0.29) is 38.6 Å². The molecule has 10 heteroatoms. The molecule has 0 aliphatic heterocycles. The van der Waals surface area contributed by atoms with E-state index in [1.165, 1.54) is 244 Å². The lowest BCUT2D eigenvalue weighted by Gasteiger charge is -2.19. The van der Waals surface area contributed by atoms with Gasteiger partial charge in [-0.05, 0) is 103 Å². The van der Waals surface area contributed by atoms with Gasteiger partial charge in [-0.2, -0.15) is 0 Å². The van der Waals surface area contributed by atoms with Gasteiger partial charge in [-0.25, -0.2) is 4.57 Å². The molecule has 0 bridgehead atoms. The quantitative estimate of drug-likeness (QED) is 0.0264. The number of hydrogen-bond acceptors (Lipinski definition) is 8. The fourth-order valence-electron chi connectivity index (χ4n) is 11.4. The first-order valence-electron chi connectivity index (χ1n) is 39.4. The third-order valence-corrected chi connectivity index (χ3v) is 18.1. The molecule has 0 aliphatic rings. The number of allylic oxidation sites excluding steroid dienone is 18. The number of phosphoric ester groups is 1. The van der Waals surface area contributed by atoms with Crippen LogP contribution in [0.25, 0.3) is 0 Å². The largest absolute Gasteiger partial charge is 0.472 e. The first-order valence-corrected chi connectivity index (χ1v) is 40.9. The van der Waals surface area contributed by atoms with Crippen molar-refractivity contribution in [2.24, 2.45) is 5.73 Å². The maximum Gasteiger partial charge on any atom is 0.472 e. The number of ether oxygens (including phenoxy) is 2. The zero-order chi connectivity index (χ0) is 67.2. The molecule has 3 N–H and O–H groups in total. The minimum absolute atomic E-state index is 0.0494. The van der Waals surface area contributed by atoms with Gasteiger partial charge in [0.2, 0.25) is 0 Å². The molecule has 0 aromatic rings. The molecule has 0 spiro atoms. The highest BCUT2D eigenvalue weighted by atomic mass is 31.2. The Morgan fingerprint density at radius 2 is 0.591 bits per heavy atom. The molecule has 0 saturated heterocycles. The molecular formula is C83H148NO8P. The summed E-state index contributed by atoms with van der Waals surface area (Å²) in [5.74, 6) is -0.824. The molecule has 0 fully saturated rings. The summed E-state index contributed by atoms with van der Waals surface area (Å²) in [5, 5.41) is 0. The van der Waals surface area contributed by atoms with Crippen LogP contribution in [-0.2, 0) is 32.7 Å². The van der Waals surface area contributed by atoms with Crippen molar-refractivity contribution in [3.63, 3.8) is 0 Å². The van der Waals surface area contributed by atoms with E-state index in [9.17, 15) is 19.0 Å². The monoisotopic (exact) mass is 1320 g/mol. The lowest BCUT2D eigenvalue weighted by molar-refractivity contribution is -0.161. The lowest BCUT2D eigenvalue weighted by atomic mass is 10.0. The zero-order valence-corrected chi connectivity index (χ0v) is 61.6. The van der Waals surface area contributed by atoms with E-state index in [0.29, 0.717) is 6.42 Å². The van der Waals surface area contributed by atoms with Gasteiger partial charge in [0.15, 0.2) is 6.10 Å². The van der Waals surface area contributed by atoms with E-state index in [4.69, 9.17) is 24.3 Å². The second-order valence-corrected chi connectivity index (χ2v) is 27.7. The Morgan fingerprint density at radius 3 is 0.882 bits per heavy atom. The second-order valence-electron chi connectivity index (χ2n) is 26.2. The Morgan fingerprint density at radius 1 is 0.333 bits per heavy atom. The summed E-state index contributed by atoms with van der Waals surface area (Å²) in [4.78, 5) is 35.4. The van der Waals surface area contributed by atoms with Gasteiger partial charge in [-0.3, -0.25) is 18.6 Å². The molecule has 0 rings (SSSR count). The first-order chi connectivity index (χ1) is 45.8. The Balaban J connectivity index is 3.80. The van der Waals surface area contributed by atoms with Crippen LogP contribution in [0.15, 0.2) is 109 Å². The van der Waals surface area contributed by atoms with E-state index < -0.39 is 26.5 Å². The molecule has 0 aliphatic carbocycles. The molecule has 2 atom stereocenters. The molecular weight excluding hydrogens is 1170 g/mol. The number of phosphoric acid groups is 1. The fourth-order valence-corrected chi connectivity index (χ4v) is 12.1. The van der Waals surface area contributed by atoms with Crippen molar-refractivity contribution in [1.82, 2.24) is 0 Å². The SMILES string of the molecule is CC/C=C\C/C=C\C/C=C\C/C=C\C/C=C\C/C=C\C/C=C\CCCCCCCCCCCC(=O)OC(COC(=O)CCCCCCCCCCCCCCCCCCCCCCCCCCCCCCC/C=C\C/C=C\CCCCCCC)COP(=O)(O)OCCN. The van der Waals surface area contributed by atoms with Crippen LogP contribution in [0.2, 0.25) is 0 Å². The number of esters is 2. The third-order valence-electron chi connectivity index (χ3n) is 17.1. The number of carbonyl (C=O) groups excluding carboxylic acids is 2. The molecule has 538 valence electrons. The number of carbonyl (C=O) groups is 2. The average Bonchev–Trinajstić information content (AvgIpc) is 3.70. The van der Waals surface area contributed by atoms with Crippen molar-refractivity contribution in [3.8, 4) is 0 Å². The standard InChI is InChI=1S/C83H148NO8P/c1-3-5-7-9-11-13-15-17-19-21-23-25-27-29-31-33-35-36-37-38-39-40-41-42-43-44-46-47-49-51-53-55-57-59-61-63-65-67-69-71-73-75-82(85)89-79-81(80-91-93(87,88)90-78-77-84)92-83(86)76-74-72-70-68-66-64-62-60-58-56-54-52-50-48-45-34-32-30-28-26-24-22-20-18-16-14-12-10-8-6-4-2/h6,8,12,14-15,17-18,20-21,23-24,26,30,32,45,48,52,54,81H,3-5,7,9-11,13,16,19,22,25,27-29,31,33-44,46-47,49-51,53,55-80,84H2,1-2H3,(H,87,88)/b8-6-,14-12-,17-15-,20-18-,23-21-,26-24-,32-30-,48-45-,54-52-. The van der Waals surface area contributed by atoms with Gasteiger partial charge in [0, 0.05) is 19.4 Å². The first kappa shape index (κ1) is 89.7. The highest BCUT2D eigenvalue weighted by Gasteiger charge is 2.26. The Bertz CT molecular complexity index is 1900. The summed E-state index contributed by atoms with van der Waals surface area (Å²) in [5.41, 5.74) is 5.41. The predicted molar refractivity (Wildman–Crippen MR) is 404 cm³/mol. The minimum atomic E-state index is -4.40. The summed E-state index contributed by atoms with van der Waals surface area (Å²) < 4.78 is 33.2. The van der Waals surface area contributed by atoms with Crippen molar-refractivity contribution in [2.75, 3.05) is 26.4 Å². The minimum Gasteiger partial charge on any atom is -0.462 e. The Hall–Kier alpha value is -3.33. The van der Waals surface area contributed by atoms with E-state index >= 15 is 0 Å². The smallest absolute Gasteiger partial charge is 0.462 e. The van der Waals surface area contributed by atoms with Gasteiger partial charge >= 0.3 is 19.8 Å². The Kier molecular flexibility index (Phi) is 74.9. The molecule has 2 unspecified atom stereocenters. The Labute approximate surface area is 575 Å². The molecule has 0 aromatic heterocycles. The summed E-state index contributed by atoms with van der Waals surface area (Å²) in [6.07, 6.45) is 108.